The first kappa shape index (κ1) is 12.9. The maximum atomic E-state index is 11.0. The van der Waals surface area contributed by atoms with Crippen molar-refractivity contribution in [2.75, 3.05) is 0 Å². The Hall–Kier alpha value is -1.51. The fraction of sp³-hybridized carbons (Fsp3) is 0.533. The molecule has 1 heterocycles. The first-order valence-corrected chi connectivity index (χ1v) is 6.51. The zero-order valence-corrected chi connectivity index (χ0v) is 11.4. The fourth-order valence-corrected chi connectivity index (χ4v) is 2.42. The van der Waals surface area contributed by atoms with Crippen LogP contribution in [0.25, 0.3) is 11.2 Å². The van der Waals surface area contributed by atoms with Crippen LogP contribution in [0.2, 0.25) is 0 Å². The van der Waals surface area contributed by atoms with Crippen molar-refractivity contribution in [3.05, 3.63) is 34.4 Å². The molecule has 3 nitrogen and oxygen atoms in total. The normalized spacial score (nSPS) is 13.7. The van der Waals surface area contributed by atoms with E-state index in [1.165, 1.54) is 5.56 Å². The molecule has 0 fully saturated rings. The maximum Gasteiger partial charge on any atom is 0.519 e. The Kier molecular flexibility index (Phi) is 3.60. The van der Waals surface area contributed by atoms with Gasteiger partial charge in [-0.25, -0.2) is 4.79 Å². The van der Waals surface area contributed by atoms with Crippen LogP contribution >= 0.6 is 0 Å². The van der Waals surface area contributed by atoms with Crippen LogP contribution in [0.1, 0.15) is 45.6 Å². The number of hydrogen-bond acceptors (Lipinski definition) is 3. The quantitative estimate of drug-likeness (QED) is 0.815. The van der Waals surface area contributed by atoms with Crippen molar-refractivity contribution >= 4 is 11.2 Å². The van der Waals surface area contributed by atoms with E-state index in [4.69, 9.17) is 8.83 Å². The number of hydrogen-bond donors (Lipinski definition) is 0. The highest BCUT2D eigenvalue weighted by Crippen LogP contribution is 2.32. The number of benzene rings is 1. The van der Waals surface area contributed by atoms with E-state index in [2.05, 4.69) is 27.7 Å². The molecule has 0 aliphatic heterocycles. The third-order valence-electron chi connectivity index (χ3n) is 3.31. The van der Waals surface area contributed by atoms with Gasteiger partial charge in [-0.2, -0.15) is 0 Å². The minimum absolute atomic E-state index is 0.481. The lowest BCUT2D eigenvalue weighted by Gasteiger charge is -2.23. The number of rotatable bonds is 4. The standard InChI is InChI=1S/C15H20O3/c1-9(2)7-12(10(3)4)11-5-6-13-14(8-11)18-15(16)17-13/h5-6,8-10,12H,7H2,1-4H3. The van der Waals surface area contributed by atoms with E-state index in [-0.39, 0.29) is 0 Å². The highest BCUT2D eigenvalue weighted by molar-refractivity contribution is 5.70. The van der Waals surface area contributed by atoms with E-state index in [1.807, 2.05) is 18.2 Å². The van der Waals surface area contributed by atoms with Gasteiger partial charge in [0, 0.05) is 0 Å². The lowest BCUT2D eigenvalue weighted by molar-refractivity contribution is 0.405. The third kappa shape index (κ3) is 2.66. The summed E-state index contributed by atoms with van der Waals surface area (Å²) in [5, 5.41) is 0. The fourth-order valence-electron chi connectivity index (χ4n) is 2.42. The summed E-state index contributed by atoms with van der Waals surface area (Å²) in [5.74, 6) is 1.05. The van der Waals surface area contributed by atoms with Crippen LogP contribution in [0.3, 0.4) is 0 Å². The van der Waals surface area contributed by atoms with Gasteiger partial charge >= 0.3 is 5.82 Å². The Morgan fingerprint density at radius 1 is 1.06 bits per heavy atom. The summed E-state index contributed by atoms with van der Waals surface area (Å²) in [6.07, 6.45) is 1.13. The Labute approximate surface area is 107 Å². The van der Waals surface area contributed by atoms with Crippen molar-refractivity contribution in [3.63, 3.8) is 0 Å². The lowest BCUT2D eigenvalue weighted by Crippen LogP contribution is -2.09. The minimum atomic E-state index is -0.632. The van der Waals surface area contributed by atoms with E-state index in [0.29, 0.717) is 28.9 Å². The van der Waals surface area contributed by atoms with Gasteiger partial charge in [-0.1, -0.05) is 33.8 Å². The van der Waals surface area contributed by atoms with E-state index >= 15 is 0 Å². The van der Waals surface area contributed by atoms with Crippen LogP contribution in [-0.4, -0.2) is 0 Å². The van der Waals surface area contributed by atoms with Crippen LogP contribution in [0.15, 0.2) is 31.8 Å². The van der Waals surface area contributed by atoms with Gasteiger partial charge < -0.3 is 8.83 Å². The molecule has 1 unspecified atom stereocenters. The smallest absolute Gasteiger partial charge is 0.391 e. The lowest BCUT2D eigenvalue weighted by atomic mass is 9.82. The molecule has 0 aliphatic carbocycles. The van der Waals surface area contributed by atoms with Crippen molar-refractivity contribution in [1.82, 2.24) is 0 Å². The molecular formula is C15H20O3. The SMILES string of the molecule is CC(C)CC(c1ccc2oc(=O)oc2c1)C(C)C. The molecule has 0 spiro atoms. The van der Waals surface area contributed by atoms with Crippen molar-refractivity contribution in [2.45, 2.75) is 40.0 Å². The second-order valence-corrected chi connectivity index (χ2v) is 5.64. The molecule has 2 aromatic rings. The Morgan fingerprint density at radius 3 is 2.33 bits per heavy atom. The summed E-state index contributed by atoms with van der Waals surface area (Å²) >= 11 is 0. The van der Waals surface area contributed by atoms with Gasteiger partial charge in [0.15, 0.2) is 11.2 Å². The molecule has 1 atom stereocenters. The molecule has 1 aromatic heterocycles. The van der Waals surface area contributed by atoms with Crippen molar-refractivity contribution < 1.29 is 8.83 Å². The van der Waals surface area contributed by atoms with Crippen LogP contribution in [0.5, 0.6) is 0 Å². The predicted octanol–water partition coefficient (Wildman–Crippen LogP) is 4.17. The monoisotopic (exact) mass is 248 g/mol. The second kappa shape index (κ2) is 5.01. The van der Waals surface area contributed by atoms with Crippen LogP contribution in [0.4, 0.5) is 0 Å². The maximum absolute atomic E-state index is 11.0. The summed E-state index contributed by atoms with van der Waals surface area (Å²) in [6, 6.07) is 5.80. The topological polar surface area (TPSA) is 43.4 Å². The van der Waals surface area contributed by atoms with Crippen LogP contribution < -0.4 is 5.82 Å². The molecule has 0 aliphatic rings. The summed E-state index contributed by atoms with van der Waals surface area (Å²) in [6.45, 7) is 8.91. The van der Waals surface area contributed by atoms with Crippen molar-refractivity contribution in [2.24, 2.45) is 11.8 Å². The van der Waals surface area contributed by atoms with Gasteiger partial charge in [-0.05, 0) is 41.9 Å². The molecule has 0 amide bonds. The third-order valence-corrected chi connectivity index (χ3v) is 3.31. The summed E-state index contributed by atoms with van der Waals surface area (Å²) in [4.78, 5) is 11.0. The van der Waals surface area contributed by atoms with Crippen molar-refractivity contribution in [1.29, 1.82) is 0 Å². The van der Waals surface area contributed by atoms with Crippen molar-refractivity contribution in [3.8, 4) is 0 Å². The zero-order chi connectivity index (χ0) is 13.3. The second-order valence-electron chi connectivity index (χ2n) is 5.64. The molecule has 0 bridgehead atoms. The van der Waals surface area contributed by atoms with E-state index in [9.17, 15) is 4.79 Å². The highest BCUT2D eigenvalue weighted by atomic mass is 16.6. The Bertz CT molecular complexity index is 575. The highest BCUT2D eigenvalue weighted by Gasteiger charge is 2.18. The average Bonchev–Trinajstić information content (AvgIpc) is 2.64. The summed E-state index contributed by atoms with van der Waals surface area (Å²) in [5.41, 5.74) is 2.29. The molecule has 0 saturated heterocycles. The molecule has 18 heavy (non-hydrogen) atoms. The van der Waals surface area contributed by atoms with E-state index in [1.54, 1.807) is 0 Å². The average molecular weight is 248 g/mol. The van der Waals surface area contributed by atoms with E-state index < -0.39 is 5.82 Å². The minimum Gasteiger partial charge on any atom is -0.391 e. The molecule has 0 saturated carbocycles. The Balaban J connectivity index is 2.40. The van der Waals surface area contributed by atoms with Gasteiger partial charge in [0.2, 0.25) is 0 Å². The molecule has 0 radical (unpaired) electrons. The first-order chi connectivity index (χ1) is 8.47. The largest absolute Gasteiger partial charge is 0.519 e. The molecule has 0 N–H and O–H groups in total. The van der Waals surface area contributed by atoms with Gasteiger partial charge in [0.05, 0.1) is 0 Å². The molecular weight excluding hydrogens is 228 g/mol. The predicted molar refractivity (Wildman–Crippen MR) is 71.8 cm³/mol. The zero-order valence-electron chi connectivity index (χ0n) is 11.4. The molecule has 3 heteroatoms. The van der Waals surface area contributed by atoms with Gasteiger partial charge in [0.25, 0.3) is 0 Å². The summed E-state index contributed by atoms with van der Waals surface area (Å²) < 4.78 is 9.94. The van der Waals surface area contributed by atoms with Gasteiger partial charge in [-0.15, -0.1) is 0 Å². The van der Waals surface area contributed by atoms with Gasteiger partial charge in [0.1, 0.15) is 0 Å². The summed E-state index contributed by atoms with van der Waals surface area (Å²) in [7, 11) is 0. The first-order valence-electron chi connectivity index (χ1n) is 6.51. The molecule has 2 rings (SSSR count). The molecule has 1 aromatic carbocycles. The van der Waals surface area contributed by atoms with Crippen LogP contribution in [0, 0.1) is 11.8 Å². The van der Waals surface area contributed by atoms with Gasteiger partial charge in [-0.3, -0.25) is 0 Å². The van der Waals surface area contributed by atoms with E-state index in [0.717, 1.165) is 6.42 Å². The molecule has 98 valence electrons. The van der Waals surface area contributed by atoms with Crippen LogP contribution in [-0.2, 0) is 0 Å². The Morgan fingerprint density at radius 2 is 1.72 bits per heavy atom. The number of fused-ring (bicyclic) bond motifs is 1.